The molecule has 318 valence electrons. The Kier molecular flexibility index (Phi) is 6.42. The van der Waals surface area contributed by atoms with Crippen LogP contribution in [0.25, 0.3) is 83.9 Å². The molecule has 0 aliphatic carbocycles. The van der Waals surface area contributed by atoms with Gasteiger partial charge in [0.25, 0.3) is 0 Å². The Morgan fingerprint density at radius 3 is 1.86 bits per heavy atom. The highest BCUT2D eigenvalue weighted by molar-refractivity contribution is 5.99. The first-order valence-corrected chi connectivity index (χ1v) is 22.4. The molecule has 0 fully saturated rings. The predicted molar refractivity (Wildman–Crippen MR) is 265 cm³/mol. The van der Waals surface area contributed by atoms with Crippen molar-refractivity contribution >= 4 is 11.0 Å². The number of hydrogen-bond acceptors (Lipinski definition) is 1. The number of pyridine rings is 1. The summed E-state index contributed by atoms with van der Waals surface area (Å²) in [6, 6.07) is 55.6. The third kappa shape index (κ3) is 5.69. The minimum atomic E-state index is -3.37. The summed E-state index contributed by atoms with van der Waals surface area (Å²) in [6.45, 7) is 3.38. The smallest absolute Gasteiger partial charge is 0.392 e. The second-order valence-corrected chi connectivity index (χ2v) is 20.0. The lowest BCUT2D eigenvalue weighted by Gasteiger charge is -2.33. The maximum absolute atomic E-state index is 8.34. The van der Waals surface area contributed by atoms with Crippen LogP contribution < -0.4 is 13.9 Å². The van der Waals surface area contributed by atoms with Crippen LogP contribution in [0.15, 0.2) is 170 Å². The van der Waals surface area contributed by atoms with Crippen molar-refractivity contribution in [3.63, 3.8) is 0 Å². The van der Waals surface area contributed by atoms with Crippen molar-refractivity contribution < 1.29 is 26.2 Å². The standard InChI is InChI=1S/C61H55N3O/c1-58(2,3)42-29-27-38(28-30-42)41-31-32-62-52(33-41)49-35-43(59(4,5)6)34-48-44-24-18-25-51-56(44)64-57(45-23-16-17-26-54(45)65-61(62,64)55(48)49)63(51)53-37-46(39-19-12-10-13-20-39)50(60(7,8)9)36-47(53)40-21-14-11-15-22-40/h10-37H,1-9H3/q+2/i1D3,2D3,3D3. The van der Waals surface area contributed by atoms with Crippen molar-refractivity contribution in [2.75, 3.05) is 0 Å². The molecule has 0 radical (unpaired) electrons. The lowest BCUT2D eigenvalue weighted by Crippen LogP contribution is -2.78. The van der Waals surface area contributed by atoms with Gasteiger partial charge in [-0.3, -0.25) is 0 Å². The highest BCUT2D eigenvalue weighted by Crippen LogP contribution is 2.55. The Hall–Kier alpha value is -7.04. The number of hydrogen-bond donors (Lipinski definition) is 0. The summed E-state index contributed by atoms with van der Waals surface area (Å²) in [4.78, 5) is 0. The van der Waals surface area contributed by atoms with Crippen molar-refractivity contribution in [3.05, 3.63) is 192 Å². The van der Waals surface area contributed by atoms with Crippen LogP contribution in [0.1, 0.15) is 96.7 Å². The predicted octanol–water partition coefficient (Wildman–Crippen LogP) is 14.3. The van der Waals surface area contributed by atoms with Gasteiger partial charge in [-0.15, -0.1) is 9.13 Å². The summed E-state index contributed by atoms with van der Waals surface area (Å²) in [5.74, 6) is 0.403. The highest BCUT2D eigenvalue weighted by atomic mass is 16.5. The van der Waals surface area contributed by atoms with Crippen LogP contribution >= 0.6 is 0 Å². The number of imidazole rings is 1. The molecule has 0 bridgehead atoms. The average molecular weight is 855 g/mol. The van der Waals surface area contributed by atoms with Gasteiger partial charge >= 0.3 is 11.7 Å². The van der Waals surface area contributed by atoms with Gasteiger partial charge in [-0.1, -0.05) is 165 Å². The summed E-state index contributed by atoms with van der Waals surface area (Å²) in [6.07, 6.45) is 2.04. The summed E-state index contributed by atoms with van der Waals surface area (Å²) < 4.78 is 89.8. The average Bonchev–Trinajstić information content (AvgIpc) is 3.87. The molecule has 0 amide bonds. The van der Waals surface area contributed by atoms with Gasteiger partial charge in [0.05, 0.1) is 5.56 Å². The third-order valence-corrected chi connectivity index (χ3v) is 13.8. The normalized spacial score (nSPS) is 18.3. The Morgan fingerprint density at radius 1 is 0.508 bits per heavy atom. The Morgan fingerprint density at radius 2 is 1.17 bits per heavy atom. The number of nitrogens with zero attached hydrogens (tertiary/aromatic N) is 3. The topological polar surface area (TPSA) is 21.9 Å². The van der Waals surface area contributed by atoms with Crippen LogP contribution in [0.4, 0.5) is 0 Å². The summed E-state index contributed by atoms with van der Waals surface area (Å²) >= 11 is 0. The molecule has 0 saturated carbocycles. The van der Waals surface area contributed by atoms with E-state index in [4.69, 9.17) is 17.1 Å². The number of rotatable bonds is 4. The van der Waals surface area contributed by atoms with Crippen LogP contribution in [-0.2, 0) is 22.1 Å². The SMILES string of the molecule is [2H]C([2H])([2H])C(c1ccc(-c2cc[n+]3c(c2)-c2cc(C(C)(C)C)cc4c2C32Oc3ccccc3-c3n(-c5cc(-c6ccccc6)c(C(C)(C)C)cc5-c5ccccc5)c5cccc-4c5[n+]32)cc1)(C([2H])([2H])[2H])C([2H])([2H])[2H]. The Labute approximate surface area is 395 Å². The molecule has 12 rings (SSSR count). The maximum Gasteiger partial charge on any atom is 0.499 e. The van der Waals surface area contributed by atoms with Crippen molar-refractivity contribution in [1.29, 1.82) is 0 Å². The summed E-state index contributed by atoms with van der Waals surface area (Å²) in [5.41, 5.74) is 13.3. The van der Waals surface area contributed by atoms with Gasteiger partial charge in [-0.25, -0.2) is 0 Å². The zero-order valence-corrected chi connectivity index (χ0v) is 37.4. The lowest BCUT2D eigenvalue weighted by atomic mass is 9.79. The van der Waals surface area contributed by atoms with Crippen molar-refractivity contribution in [2.24, 2.45) is 0 Å². The fourth-order valence-corrected chi connectivity index (χ4v) is 10.6. The second kappa shape index (κ2) is 13.5. The van der Waals surface area contributed by atoms with Gasteiger partial charge in [0, 0.05) is 41.2 Å². The molecule has 4 heteroatoms. The summed E-state index contributed by atoms with van der Waals surface area (Å²) in [5, 5.41) is 0. The summed E-state index contributed by atoms with van der Waals surface area (Å²) in [7, 11) is 0. The fraction of sp³-hybridized carbons (Fsp3) is 0.213. The molecule has 1 spiro atoms. The molecule has 65 heavy (non-hydrogen) atoms. The highest BCUT2D eigenvalue weighted by Gasteiger charge is 2.68. The molecule has 0 saturated heterocycles. The van der Waals surface area contributed by atoms with Gasteiger partial charge < -0.3 is 4.74 Å². The van der Waals surface area contributed by atoms with Crippen LogP contribution in [0.5, 0.6) is 5.75 Å². The first kappa shape index (κ1) is 30.9. The van der Waals surface area contributed by atoms with E-state index in [1.807, 2.05) is 18.3 Å². The van der Waals surface area contributed by atoms with E-state index in [1.54, 1.807) is 12.1 Å². The van der Waals surface area contributed by atoms with Gasteiger partial charge in [0.2, 0.25) is 5.69 Å². The number of para-hydroxylation sites is 2. The molecule has 9 aromatic rings. The molecule has 3 aliphatic rings. The molecular weight excluding hydrogens is 791 g/mol. The monoisotopic (exact) mass is 854 g/mol. The minimum absolute atomic E-state index is 0.202. The van der Waals surface area contributed by atoms with E-state index >= 15 is 0 Å². The molecular formula is C61H55N3O+2. The largest absolute Gasteiger partial charge is 0.499 e. The van der Waals surface area contributed by atoms with Gasteiger partial charge in [0.1, 0.15) is 22.6 Å². The van der Waals surface area contributed by atoms with Crippen molar-refractivity contribution in [1.82, 2.24) is 4.57 Å². The molecule has 0 N–H and O–H groups in total. The zero-order valence-electron chi connectivity index (χ0n) is 46.4. The molecule has 7 aromatic carbocycles. The van der Waals surface area contributed by atoms with Crippen molar-refractivity contribution in [3.8, 4) is 78.6 Å². The van der Waals surface area contributed by atoms with E-state index in [1.165, 1.54) is 17.7 Å². The van der Waals surface area contributed by atoms with Crippen LogP contribution in [-0.4, -0.2) is 4.57 Å². The van der Waals surface area contributed by atoms with Gasteiger partial charge in [0.15, 0.2) is 17.2 Å². The molecule has 4 nitrogen and oxygen atoms in total. The lowest BCUT2D eigenvalue weighted by molar-refractivity contribution is -0.997. The van der Waals surface area contributed by atoms with Gasteiger partial charge in [-0.05, 0) is 109 Å². The molecule has 3 aliphatic heterocycles. The quantitative estimate of drug-likeness (QED) is 0.162. The first-order chi connectivity index (χ1) is 34.9. The maximum atomic E-state index is 8.34. The van der Waals surface area contributed by atoms with Crippen molar-refractivity contribution in [2.45, 2.75) is 84.2 Å². The molecule has 1 unspecified atom stereocenters. The third-order valence-electron chi connectivity index (χ3n) is 13.8. The minimum Gasteiger partial charge on any atom is -0.392 e. The fourth-order valence-electron chi connectivity index (χ4n) is 10.6. The van der Waals surface area contributed by atoms with Crippen LogP contribution in [0.2, 0.25) is 0 Å². The Balaban J connectivity index is 1.17. The number of aromatic nitrogens is 3. The number of fused-ring (bicyclic) bond motifs is 5. The van der Waals surface area contributed by atoms with E-state index < -0.39 is 31.8 Å². The van der Waals surface area contributed by atoms with Gasteiger partial charge in [-0.2, -0.15) is 4.57 Å². The first-order valence-electron chi connectivity index (χ1n) is 26.9. The van der Waals surface area contributed by atoms with E-state index in [-0.39, 0.29) is 16.4 Å². The van der Waals surface area contributed by atoms with E-state index in [0.717, 1.165) is 89.4 Å². The van der Waals surface area contributed by atoms with Crippen LogP contribution in [0.3, 0.4) is 0 Å². The zero-order chi connectivity index (χ0) is 52.3. The second-order valence-electron chi connectivity index (χ2n) is 20.0. The molecule has 2 aromatic heterocycles. The van der Waals surface area contributed by atoms with E-state index in [2.05, 4.69) is 183 Å². The number of benzene rings is 7. The van der Waals surface area contributed by atoms with E-state index in [9.17, 15) is 0 Å². The molecule has 1 atom stereocenters. The Bertz CT molecular complexity index is 3750. The number of ether oxygens (including phenoxy) is 1. The molecule has 5 heterocycles. The van der Waals surface area contributed by atoms with Crippen LogP contribution in [0, 0.1) is 0 Å². The van der Waals surface area contributed by atoms with E-state index in [0.29, 0.717) is 11.3 Å².